The minimum Gasteiger partial charge on any atom is -0.299 e. The molecule has 0 amide bonds. The zero-order valence-electron chi connectivity index (χ0n) is 9.01. The third-order valence-corrected chi connectivity index (χ3v) is 2.93. The van der Waals surface area contributed by atoms with Crippen molar-refractivity contribution < 1.29 is 13.6 Å². The van der Waals surface area contributed by atoms with Crippen LogP contribution in [-0.2, 0) is 11.2 Å². The standard InChI is InChI=1S/C13H14F2O/c14-11-5-4-10(13(15)8-11)7-12(16)6-3-9-1-2-9/h4-5,8-9H,1-3,6-7H2. The summed E-state index contributed by atoms with van der Waals surface area (Å²) in [7, 11) is 0. The molecule has 0 saturated heterocycles. The van der Waals surface area contributed by atoms with Gasteiger partial charge >= 0.3 is 0 Å². The molecule has 86 valence electrons. The molecule has 0 spiro atoms. The highest BCUT2D eigenvalue weighted by atomic mass is 19.1. The molecule has 1 aliphatic carbocycles. The summed E-state index contributed by atoms with van der Waals surface area (Å²) in [6, 6.07) is 3.36. The molecule has 1 nitrogen and oxygen atoms in total. The van der Waals surface area contributed by atoms with Crippen LogP contribution in [-0.4, -0.2) is 5.78 Å². The molecular formula is C13H14F2O. The topological polar surface area (TPSA) is 17.1 Å². The van der Waals surface area contributed by atoms with Crippen molar-refractivity contribution in [3.8, 4) is 0 Å². The minimum absolute atomic E-state index is 0.0393. The predicted octanol–water partition coefficient (Wildman–Crippen LogP) is 3.27. The lowest BCUT2D eigenvalue weighted by molar-refractivity contribution is -0.118. The Morgan fingerprint density at radius 3 is 2.69 bits per heavy atom. The van der Waals surface area contributed by atoms with Gasteiger partial charge < -0.3 is 0 Å². The van der Waals surface area contributed by atoms with E-state index in [0.29, 0.717) is 17.9 Å². The monoisotopic (exact) mass is 224 g/mol. The lowest BCUT2D eigenvalue weighted by Gasteiger charge is -2.02. The van der Waals surface area contributed by atoms with Crippen LogP contribution in [0.1, 0.15) is 31.2 Å². The molecule has 1 aromatic rings. The van der Waals surface area contributed by atoms with Gasteiger partial charge in [-0.15, -0.1) is 0 Å². The Morgan fingerprint density at radius 2 is 2.06 bits per heavy atom. The van der Waals surface area contributed by atoms with Gasteiger partial charge in [-0.2, -0.15) is 0 Å². The van der Waals surface area contributed by atoms with Crippen LogP contribution in [0.3, 0.4) is 0 Å². The van der Waals surface area contributed by atoms with E-state index in [-0.39, 0.29) is 12.2 Å². The zero-order valence-corrected chi connectivity index (χ0v) is 9.01. The van der Waals surface area contributed by atoms with E-state index in [4.69, 9.17) is 0 Å². The van der Waals surface area contributed by atoms with Crippen molar-refractivity contribution in [1.29, 1.82) is 0 Å². The Labute approximate surface area is 93.5 Å². The molecule has 0 radical (unpaired) electrons. The van der Waals surface area contributed by atoms with Crippen LogP contribution in [0.15, 0.2) is 18.2 Å². The van der Waals surface area contributed by atoms with Crippen LogP contribution < -0.4 is 0 Å². The van der Waals surface area contributed by atoms with E-state index in [1.807, 2.05) is 0 Å². The lowest BCUT2D eigenvalue weighted by atomic mass is 10.0. The number of carbonyl (C=O) groups is 1. The third-order valence-electron chi connectivity index (χ3n) is 2.93. The average molecular weight is 224 g/mol. The fourth-order valence-corrected chi connectivity index (χ4v) is 1.74. The molecule has 0 atom stereocenters. The quantitative estimate of drug-likeness (QED) is 0.750. The van der Waals surface area contributed by atoms with Gasteiger partial charge in [0.1, 0.15) is 17.4 Å². The molecule has 1 aliphatic rings. The number of Topliss-reactive ketones (excluding diaryl/α,β-unsaturated/α-hetero) is 1. The Kier molecular flexibility index (Phi) is 3.32. The van der Waals surface area contributed by atoms with E-state index in [0.717, 1.165) is 12.5 Å². The van der Waals surface area contributed by atoms with Gasteiger partial charge in [-0.25, -0.2) is 8.78 Å². The minimum atomic E-state index is -0.625. The summed E-state index contributed by atoms with van der Waals surface area (Å²) < 4.78 is 25.9. The highest BCUT2D eigenvalue weighted by Crippen LogP contribution is 2.33. The first-order valence-electron chi connectivity index (χ1n) is 5.61. The number of hydrogen-bond acceptors (Lipinski definition) is 1. The molecule has 0 N–H and O–H groups in total. The van der Waals surface area contributed by atoms with Gasteiger partial charge in [-0.1, -0.05) is 18.9 Å². The van der Waals surface area contributed by atoms with Gasteiger partial charge in [0.15, 0.2) is 0 Å². The maximum Gasteiger partial charge on any atom is 0.137 e. The highest BCUT2D eigenvalue weighted by molar-refractivity contribution is 5.80. The first-order valence-corrected chi connectivity index (χ1v) is 5.61. The van der Waals surface area contributed by atoms with Crippen molar-refractivity contribution in [3.63, 3.8) is 0 Å². The summed E-state index contributed by atoms with van der Waals surface area (Å²) >= 11 is 0. The molecule has 1 saturated carbocycles. The molecule has 1 aromatic carbocycles. The van der Waals surface area contributed by atoms with Crippen LogP contribution in [0.5, 0.6) is 0 Å². The summed E-state index contributed by atoms with van der Waals surface area (Å²) in [5, 5.41) is 0. The van der Waals surface area contributed by atoms with E-state index in [1.165, 1.54) is 25.0 Å². The van der Waals surface area contributed by atoms with Crippen LogP contribution >= 0.6 is 0 Å². The Hall–Kier alpha value is -1.25. The number of benzene rings is 1. The summed E-state index contributed by atoms with van der Waals surface area (Å²) in [6.07, 6.45) is 3.96. The number of halogens is 2. The second-order valence-corrected chi connectivity index (χ2v) is 4.43. The summed E-state index contributed by atoms with van der Waals surface area (Å²) in [5.74, 6) is -0.481. The maximum absolute atomic E-state index is 13.2. The average Bonchev–Trinajstić information content (AvgIpc) is 3.03. The summed E-state index contributed by atoms with van der Waals surface area (Å²) in [4.78, 5) is 11.5. The van der Waals surface area contributed by atoms with Gasteiger partial charge in [-0.05, 0) is 24.0 Å². The molecule has 0 bridgehead atoms. The molecule has 0 aliphatic heterocycles. The van der Waals surface area contributed by atoms with Crippen LogP contribution in [0.25, 0.3) is 0 Å². The molecule has 1 fully saturated rings. The van der Waals surface area contributed by atoms with Crippen molar-refractivity contribution in [2.45, 2.75) is 32.1 Å². The first-order chi connectivity index (χ1) is 7.65. The second kappa shape index (κ2) is 4.73. The Bertz CT molecular complexity index is 397. The lowest BCUT2D eigenvalue weighted by Crippen LogP contribution is -2.05. The molecule has 16 heavy (non-hydrogen) atoms. The van der Waals surface area contributed by atoms with Crippen LogP contribution in [0, 0.1) is 17.6 Å². The number of rotatable bonds is 5. The van der Waals surface area contributed by atoms with Crippen molar-refractivity contribution in [3.05, 3.63) is 35.4 Å². The molecule has 0 aromatic heterocycles. The van der Waals surface area contributed by atoms with Crippen molar-refractivity contribution in [2.75, 3.05) is 0 Å². The first kappa shape index (κ1) is 11.2. The van der Waals surface area contributed by atoms with Gasteiger partial charge in [-0.3, -0.25) is 4.79 Å². The van der Waals surface area contributed by atoms with E-state index in [9.17, 15) is 13.6 Å². The summed E-state index contributed by atoms with van der Waals surface area (Å²) in [6.45, 7) is 0. The molecule has 0 heterocycles. The van der Waals surface area contributed by atoms with E-state index in [2.05, 4.69) is 0 Å². The van der Waals surface area contributed by atoms with Gasteiger partial charge in [0.2, 0.25) is 0 Å². The number of hydrogen-bond donors (Lipinski definition) is 0. The highest BCUT2D eigenvalue weighted by Gasteiger charge is 2.22. The van der Waals surface area contributed by atoms with E-state index >= 15 is 0 Å². The zero-order chi connectivity index (χ0) is 11.5. The largest absolute Gasteiger partial charge is 0.299 e. The van der Waals surface area contributed by atoms with Gasteiger partial charge in [0.05, 0.1) is 0 Å². The van der Waals surface area contributed by atoms with Crippen LogP contribution in [0.2, 0.25) is 0 Å². The molecule has 0 unspecified atom stereocenters. The summed E-state index contributed by atoms with van der Waals surface area (Å²) in [5.41, 5.74) is 0.294. The second-order valence-electron chi connectivity index (χ2n) is 4.43. The Morgan fingerprint density at radius 1 is 1.31 bits per heavy atom. The molecular weight excluding hydrogens is 210 g/mol. The molecule has 2 rings (SSSR count). The SMILES string of the molecule is O=C(CCC1CC1)Cc1ccc(F)cc1F. The fraction of sp³-hybridized carbons (Fsp3) is 0.462. The van der Waals surface area contributed by atoms with E-state index < -0.39 is 11.6 Å². The number of carbonyl (C=O) groups excluding carboxylic acids is 1. The normalized spacial score (nSPS) is 15.1. The Balaban J connectivity index is 1.89. The van der Waals surface area contributed by atoms with Gasteiger partial charge in [0.25, 0.3) is 0 Å². The van der Waals surface area contributed by atoms with Crippen LogP contribution in [0.4, 0.5) is 8.78 Å². The van der Waals surface area contributed by atoms with Gasteiger partial charge in [0, 0.05) is 18.9 Å². The third kappa shape index (κ3) is 3.12. The maximum atomic E-state index is 13.2. The van der Waals surface area contributed by atoms with Crippen molar-refractivity contribution in [1.82, 2.24) is 0 Å². The van der Waals surface area contributed by atoms with E-state index in [1.54, 1.807) is 0 Å². The smallest absolute Gasteiger partial charge is 0.137 e. The number of ketones is 1. The predicted molar refractivity (Wildman–Crippen MR) is 57.0 cm³/mol. The van der Waals surface area contributed by atoms with Crippen molar-refractivity contribution >= 4 is 5.78 Å². The molecule has 3 heteroatoms. The van der Waals surface area contributed by atoms with Crippen molar-refractivity contribution in [2.24, 2.45) is 5.92 Å². The fourth-order valence-electron chi connectivity index (χ4n) is 1.74.